The molecular weight excluding hydrogens is 289 g/mol. The minimum Gasteiger partial charge on any atom is -0.370 e. The third-order valence-corrected chi connectivity index (χ3v) is 5.07. The molecule has 1 unspecified atom stereocenters. The van der Waals surface area contributed by atoms with Crippen molar-refractivity contribution in [2.24, 2.45) is 11.3 Å². The first kappa shape index (κ1) is 16.0. The van der Waals surface area contributed by atoms with Gasteiger partial charge in [-0.1, -0.05) is 38.4 Å². The lowest BCUT2D eigenvalue weighted by molar-refractivity contribution is 0.220. The molecule has 0 aliphatic carbocycles. The highest BCUT2D eigenvalue weighted by atomic mass is 35.5. The summed E-state index contributed by atoms with van der Waals surface area (Å²) < 4.78 is 0. The molecule has 1 aliphatic heterocycles. The summed E-state index contributed by atoms with van der Waals surface area (Å²) in [5.74, 6) is 1.32. The summed E-state index contributed by atoms with van der Waals surface area (Å²) in [6, 6.07) is 6.20. The molecule has 1 aromatic rings. The Labute approximate surface area is 133 Å². The van der Waals surface area contributed by atoms with Gasteiger partial charge in [-0.25, -0.2) is 0 Å². The maximum absolute atomic E-state index is 6.42. The number of nitrogens with zero attached hydrogens (tertiary/aromatic N) is 1. The SMILES string of the molecule is CC(C)(C)C1CCCN(c2ccc(CCl)cc2Cl)CC1. The van der Waals surface area contributed by atoms with Gasteiger partial charge in [-0.15, -0.1) is 11.6 Å². The minimum atomic E-state index is 0.405. The molecule has 2 rings (SSSR count). The number of rotatable bonds is 2. The molecule has 112 valence electrons. The first-order chi connectivity index (χ1) is 9.41. The quantitative estimate of drug-likeness (QED) is 0.630. The van der Waals surface area contributed by atoms with E-state index in [4.69, 9.17) is 23.2 Å². The first-order valence-electron chi connectivity index (χ1n) is 7.51. The highest BCUT2D eigenvalue weighted by molar-refractivity contribution is 6.33. The molecule has 1 aliphatic rings. The summed E-state index contributed by atoms with van der Waals surface area (Å²) >= 11 is 12.3. The van der Waals surface area contributed by atoms with Gasteiger partial charge in [0.05, 0.1) is 10.7 Å². The summed E-state index contributed by atoms with van der Waals surface area (Å²) in [4.78, 5) is 2.44. The highest BCUT2D eigenvalue weighted by Crippen LogP contribution is 2.36. The summed E-state index contributed by atoms with van der Waals surface area (Å²) in [7, 11) is 0. The van der Waals surface area contributed by atoms with Crippen molar-refractivity contribution in [1.82, 2.24) is 0 Å². The van der Waals surface area contributed by atoms with Gasteiger partial charge < -0.3 is 4.90 Å². The van der Waals surface area contributed by atoms with Gasteiger partial charge in [-0.05, 0) is 48.3 Å². The second-order valence-corrected chi connectivity index (χ2v) is 7.57. The Bertz CT molecular complexity index is 451. The van der Waals surface area contributed by atoms with Crippen molar-refractivity contribution in [2.75, 3.05) is 18.0 Å². The zero-order valence-electron chi connectivity index (χ0n) is 12.8. The van der Waals surface area contributed by atoms with Crippen molar-refractivity contribution in [2.45, 2.75) is 45.9 Å². The number of hydrogen-bond acceptors (Lipinski definition) is 1. The molecule has 1 aromatic carbocycles. The van der Waals surface area contributed by atoms with Crippen molar-refractivity contribution in [3.05, 3.63) is 28.8 Å². The van der Waals surface area contributed by atoms with Crippen molar-refractivity contribution in [1.29, 1.82) is 0 Å². The predicted molar refractivity (Wildman–Crippen MR) is 90.0 cm³/mol. The standard InChI is InChI=1S/C17H25Cl2N/c1-17(2,3)14-5-4-9-20(10-8-14)16-7-6-13(12-18)11-15(16)19/h6-7,11,14H,4-5,8-10,12H2,1-3H3. The van der Waals surface area contributed by atoms with Gasteiger partial charge in [0, 0.05) is 19.0 Å². The summed E-state index contributed by atoms with van der Waals surface area (Å²) in [5, 5.41) is 0.831. The van der Waals surface area contributed by atoms with Crippen LogP contribution in [-0.2, 0) is 5.88 Å². The van der Waals surface area contributed by atoms with E-state index in [0.29, 0.717) is 11.3 Å². The topological polar surface area (TPSA) is 3.24 Å². The van der Waals surface area contributed by atoms with E-state index in [1.807, 2.05) is 6.07 Å². The summed E-state index contributed by atoms with van der Waals surface area (Å²) in [5.41, 5.74) is 2.65. The van der Waals surface area contributed by atoms with E-state index in [1.165, 1.54) is 19.3 Å². The van der Waals surface area contributed by atoms with Gasteiger partial charge >= 0.3 is 0 Å². The van der Waals surface area contributed by atoms with Crippen LogP contribution >= 0.6 is 23.2 Å². The molecular formula is C17H25Cl2N. The molecule has 20 heavy (non-hydrogen) atoms. The van der Waals surface area contributed by atoms with Crippen LogP contribution in [0.15, 0.2) is 18.2 Å². The van der Waals surface area contributed by atoms with E-state index in [1.54, 1.807) is 0 Å². The van der Waals surface area contributed by atoms with Gasteiger partial charge in [0.1, 0.15) is 0 Å². The Morgan fingerprint density at radius 3 is 2.55 bits per heavy atom. The van der Waals surface area contributed by atoms with E-state index >= 15 is 0 Å². The Morgan fingerprint density at radius 1 is 1.20 bits per heavy atom. The van der Waals surface area contributed by atoms with Crippen molar-refractivity contribution in [3.8, 4) is 0 Å². The molecule has 1 nitrogen and oxygen atoms in total. The molecule has 1 heterocycles. The largest absolute Gasteiger partial charge is 0.370 e. The van der Waals surface area contributed by atoms with Crippen LogP contribution in [0.2, 0.25) is 5.02 Å². The molecule has 0 radical (unpaired) electrons. The Hall–Kier alpha value is -0.400. The summed E-state index contributed by atoms with van der Waals surface area (Å²) in [6.45, 7) is 9.27. The van der Waals surface area contributed by atoms with Gasteiger partial charge in [0.15, 0.2) is 0 Å². The lowest BCUT2D eigenvalue weighted by Gasteiger charge is -2.30. The number of alkyl halides is 1. The van der Waals surface area contributed by atoms with Crippen LogP contribution in [0, 0.1) is 11.3 Å². The first-order valence-corrected chi connectivity index (χ1v) is 8.42. The van der Waals surface area contributed by atoms with Crippen LogP contribution in [0.25, 0.3) is 0 Å². The van der Waals surface area contributed by atoms with Gasteiger partial charge in [0.25, 0.3) is 0 Å². The van der Waals surface area contributed by atoms with Crippen LogP contribution in [0.1, 0.15) is 45.6 Å². The van der Waals surface area contributed by atoms with Crippen molar-refractivity contribution in [3.63, 3.8) is 0 Å². The second kappa shape index (κ2) is 6.58. The molecule has 1 atom stereocenters. The Morgan fingerprint density at radius 2 is 1.95 bits per heavy atom. The van der Waals surface area contributed by atoms with Gasteiger partial charge in [-0.3, -0.25) is 0 Å². The van der Waals surface area contributed by atoms with Crippen LogP contribution in [0.4, 0.5) is 5.69 Å². The van der Waals surface area contributed by atoms with E-state index in [9.17, 15) is 0 Å². The van der Waals surface area contributed by atoms with Crippen LogP contribution in [0.3, 0.4) is 0 Å². The molecule has 0 amide bonds. The Balaban J connectivity index is 2.11. The fourth-order valence-electron chi connectivity index (χ4n) is 3.09. The predicted octanol–water partition coefficient (Wildman–Crippen LogP) is 5.73. The maximum Gasteiger partial charge on any atom is 0.0642 e. The summed E-state index contributed by atoms with van der Waals surface area (Å²) in [6.07, 6.45) is 3.81. The van der Waals surface area contributed by atoms with Crippen LogP contribution in [-0.4, -0.2) is 13.1 Å². The van der Waals surface area contributed by atoms with Crippen molar-refractivity contribution < 1.29 is 0 Å². The van der Waals surface area contributed by atoms with Gasteiger partial charge in [-0.2, -0.15) is 0 Å². The fourth-order valence-corrected chi connectivity index (χ4v) is 3.58. The molecule has 0 N–H and O–H groups in total. The number of hydrogen-bond donors (Lipinski definition) is 0. The third-order valence-electron chi connectivity index (χ3n) is 4.46. The lowest BCUT2D eigenvalue weighted by Crippen LogP contribution is -2.26. The van der Waals surface area contributed by atoms with Gasteiger partial charge in [0.2, 0.25) is 0 Å². The van der Waals surface area contributed by atoms with E-state index in [2.05, 4.69) is 37.8 Å². The molecule has 0 spiro atoms. The average Bonchev–Trinajstić information content (AvgIpc) is 2.63. The number of halogens is 2. The van der Waals surface area contributed by atoms with E-state index in [0.717, 1.165) is 35.3 Å². The Kier molecular flexibility index (Phi) is 5.25. The smallest absolute Gasteiger partial charge is 0.0642 e. The lowest BCUT2D eigenvalue weighted by atomic mass is 9.77. The normalized spacial score (nSPS) is 20.9. The molecule has 1 fully saturated rings. The molecule has 3 heteroatoms. The third kappa shape index (κ3) is 3.83. The molecule has 0 bridgehead atoms. The number of anilines is 1. The molecule has 1 saturated heterocycles. The number of benzene rings is 1. The maximum atomic E-state index is 6.42. The average molecular weight is 314 g/mol. The molecule has 0 saturated carbocycles. The monoisotopic (exact) mass is 313 g/mol. The van der Waals surface area contributed by atoms with E-state index in [-0.39, 0.29) is 0 Å². The van der Waals surface area contributed by atoms with Crippen LogP contribution < -0.4 is 4.90 Å². The fraction of sp³-hybridized carbons (Fsp3) is 0.647. The van der Waals surface area contributed by atoms with Crippen molar-refractivity contribution >= 4 is 28.9 Å². The molecule has 0 aromatic heterocycles. The van der Waals surface area contributed by atoms with E-state index < -0.39 is 0 Å². The zero-order chi connectivity index (χ0) is 14.8. The minimum absolute atomic E-state index is 0.405. The van der Waals surface area contributed by atoms with Crippen LogP contribution in [0.5, 0.6) is 0 Å². The highest BCUT2D eigenvalue weighted by Gasteiger charge is 2.27. The second-order valence-electron chi connectivity index (χ2n) is 6.90. The zero-order valence-corrected chi connectivity index (χ0v) is 14.3.